The lowest BCUT2D eigenvalue weighted by Crippen LogP contribution is -1.92. The number of ether oxygens (including phenoxy) is 2. The van der Waals surface area contributed by atoms with Crippen LogP contribution in [0.15, 0.2) is 50.2 Å². The number of fused-ring (bicyclic) bond motifs is 1. The van der Waals surface area contributed by atoms with Gasteiger partial charge in [0.15, 0.2) is 11.5 Å². The first kappa shape index (κ1) is 13.3. The van der Waals surface area contributed by atoms with Crippen molar-refractivity contribution in [2.45, 2.75) is 10.6 Å². The van der Waals surface area contributed by atoms with Crippen LogP contribution in [0.25, 0.3) is 0 Å². The Morgan fingerprint density at radius 1 is 1.00 bits per heavy atom. The first-order valence-electron chi connectivity index (χ1n) is 5.69. The van der Waals surface area contributed by atoms with Gasteiger partial charge in [-0.1, -0.05) is 31.9 Å². The van der Waals surface area contributed by atoms with Crippen molar-refractivity contribution in [3.8, 4) is 11.5 Å². The average molecular weight is 402 g/mol. The minimum atomic E-state index is 0.311. The second-order valence-electron chi connectivity index (χ2n) is 4.04. The summed E-state index contributed by atoms with van der Waals surface area (Å²) >= 11 is 8.81. The molecule has 1 aliphatic rings. The van der Waals surface area contributed by atoms with E-state index < -0.39 is 0 Å². The molecule has 0 spiro atoms. The first-order chi connectivity index (χ1) is 9.22. The summed E-state index contributed by atoms with van der Waals surface area (Å²) in [5.74, 6) is 2.53. The van der Waals surface area contributed by atoms with Crippen molar-refractivity contribution < 1.29 is 9.47 Å². The van der Waals surface area contributed by atoms with Crippen LogP contribution in [-0.2, 0) is 5.75 Å². The van der Waals surface area contributed by atoms with Crippen LogP contribution in [0.3, 0.4) is 0 Å². The summed E-state index contributed by atoms with van der Waals surface area (Å²) in [5.41, 5.74) is 1.21. The van der Waals surface area contributed by atoms with Crippen LogP contribution in [0.2, 0.25) is 0 Å². The molecule has 0 aromatic heterocycles. The summed E-state index contributed by atoms with van der Waals surface area (Å²) in [6.07, 6.45) is 0. The van der Waals surface area contributed by atoms with Gasteiger partial charge in [0, 0.05) is 19.6 Å². The molecule has 2 aromatic rings. The summed E-state index contributed by atoms with van der Waals surface area (Å²) in [4.78, 5) is 1.24. The fourth-order valence-corrected chi connectivity index (χ4v) is 3.56. The fraction of sp³-hybridized carbons (Fsp3) is 0.143. The van der Waals surface area contributed by atoms with Gasteiger partial charge in [0.25, 0.3) is 0 Å². The largest absolute Gasteiger partial charge is 0.454 e. The molecule has 19 heavy (non-hydrogen) atoms. The molecule has 1 heterocycles. The van der Waals surface area contributed by atoms with Crippen LogP contribution < -0.4 is 9.47 Å². The third-order valence-corrected chi connectivity index (χ3v) is 5.08. The van der Waals surface area contributed by atoms with E-state index in [0.717, 1.165) is 26.2 Å². The molecule has 0 atom stereocenters. The topological polar surface area (TPSA) is 18.5 Å². The van der Waals surface area contributed by atoms with Gasteiger partial charge in [0.1, 0.15) is 0 Å². The molecule has 98 valence electrons. The quantitative estimate of drug-likeness (QED) is 0.655. The highest BCUT2D eigenvalue weighted by molar-refractivity contribution is 9.10. The maximum atomic E-state index is 5.40. The number of thioether (sulfide) groups is 1. The van der Waals surface area contributed by atoms with E-state index in [1.807, 2.05) is 12.1 Å². The lowest BCUT2D eigenvalue weighted by Gasteiger charge is -2.06. The molecule has 0 fully saturated rings. The molecule has 1 aliphatic heterocycles. The van der Waals surface area contributed by atoms with Crippen molar-refractivity contribution in [3.05, 3.63) is 50.9 Å². The second-order valence-corrected chi connectivity index (χ2v) is 6.86. The number of halogens is 2. The van der Waals surface area contributed by atoms with Gasteiger partial charge in [-0.25, -0.2) is 0 Å². The van der Waals surface area contributed by atoms with E-state index in [2.05, 4.69) is 56.1 Å². The van der Waals surface area contributed by atoms with Crippen LogP contribution >= 0.6 is 43.6 Å². The van der Waals surface area contributed by atoms with Crippen molar-refractivity contribution in [2.75, 3.05) is 6.79 Å². The van der Waals surface area contributed by atoms with Crippen molar-refractivity contribution in [2.24, 2.45) is 0 Å². The van der Waals surface area contributed by atoms with E-state index in [1.54, 1.807) is 11.8 Å². The predicted octanol–water partition coefficient (Wildman–Crippen LogP) is 5.23. The van der Waals surface area contributed by atoms with Crippen LogP contribution in [0.5, 0.6) is 11.5 Å². The highest BCUT2D eigenvalue weighted by Crippen LogP contribution is 2.38. The predicted molar refractivity (Wildman–Crippen MR) is 84.0 cm³/mol. The zero-order valence-corrected chi connectivity index (χ0v) is 13.8. The zero-order chi connectivity index (χ0) is 13.2. The number of hydrogen-bond donors (Lipinski definition) is 0. The van der Waals surface area contributed by atoms with Crippen LogP contribution in [0, 0.1) is 0 Å². The second kappa shape index (κ2) is 5.77. The van der Waals surface area contributed by atoms with Gasteiger partial charge in [-0.3, -0.25) is 0 Å². The van der Waals surface area contributed by atoms with Gasteiger partial charge in [-0.2, -0.15) is 0 Å². The molecule has 0 saturated carbocycles. The van der Waals surface area contributed by atoms with Gasteiger partial charge in [-0.15, -0.1) is 11.8 Å². The summed E-state index contributed by atoms with van der Waals surface area (Å²) in [6.45, 7) is 0.311. The van der Waals surface area contributed by atoms with Crippen molar-refractivity contribution >= 4 is 43.6 Å². The first-order valence-corrected chi connectivity index (χ1v) is 8.26. The van der Waals surface area contributed by atoms with E-state index >= 15 is 0 Å². The van der Waals surface area contributed by atoms with Crippen molar-refractivity contribution in [1.82, 2.24) is 0 Å². The molecule has 2 aromatic carbocycles. The Hall–Kier alpha value is -0.650. The average Bonchev–Trinajstić information content (AvgIpc) is 2.85. The summed E-state index contributed by atoms with van der Waals surface area (Å²) in [5, 5.41) is 0. The molecular formula is C14H10Br2O2S. The normalized spacial score (nSPS) is 12.7. The summed E-state index contributed by atoms with van der Waals surface area (Å²) in [7, 11) is 0. The number of hydrogen-bond acceptors (Lipinski definition) is 3. The Morgan fingerprint density at radius 3 is 2.42 bits per heavy atom. The third-order valence-electron chi connectivity index (χ3n) is 2.75. The van der Waals surface area contributed by atoms with E-state index in [1.165, 1.54) is 10.5 Å². The molecule has 2 nitrogen and oxygen atoms in total. The Morgan fingerprint density at radius 2 is 1.68 bits per heavy atom. The molecule has 0 amide bonds. The van der Waals surface area contributed by atoms with Gasteiger partial charge < -0.3 is 9.47 Å². The fourth-order valence-electron chi connectivity index (χ4n) is 1.76. The number of rotatable bonds is 3. The van der Waals surface area contributed by atoms with Gasteiger partial charge in [-0.05, 0) is 42.0 Å². The molecule has 5 heteroatoms. The molecular weight excluding hydrogens is 392 g/mol. The summed E-state index contributed by atoms with van der Waals surface area (Å²) < 4.78 is 12.9. The van der Waals surface area contributed by atoms with Gasteiger partial charge >= 0.3 is 0 Å². The molecule has 0 aliphatic carbocycles. The van der Waals surface area contributed by atoms with Gasteiger partial charge in [0.05, 0.1) is 0 Å². The minimum Gasteiger partial charge on any atom is -0.454 e. The van der Waals surface area contributed by atoms with E-state index in [0.29, 0.717) is 6.79 Å². The standard InChI is InChI=1S/C14H10Br2O2S/c15-10-1-3-11(4-2-10)19-7-9-5-13-14(6-12(9)16)18-8-17-13/h1-6H,7-8H2. The molecule has 0 N–H and O–H groups in total. The monoisotopic (exact) mass is 400 g/mol. The lowest BCUT2D eigenvalue weighted by atomic mass is 10.2. The van der Waals surface area contributed by atoms with Crippen LogP contribution in [0.1, 0.15) is 5.56 Å². The van der Waals surface area contributed by atoms with Crippen LogP contribution in [-0.4, -0.2) is 6.79 Å². The van der Waals surface area contributed by atoms with Crippen molar-refractivity contribution in [1.29, 1.82) is 0 Å². The maximum Gasteiger partial charge on any atom is 0.231 e. The highest BCUT2D eigenvalue weighted by atomic mass is 79.9. The smallest absolute Gasteiger partial charge is 0.231 e. The van der Waals surface area contributed by atoms with Crippen LogP contribution in [0.4, 0.5) is 0 Å². The van der Waals surface area contributed by atoms with Crippen molar-refractivity contribution in [3.63, 3.8) is 0 Å². The molecule has 0 unspecified atom stereocenters. The van der Waals surface area contributed by atoms with E-state index in [-0.39, 0.29) is 0 Å². The highest BCUT2D eigenvalue weighted by Gasteiger charge is 2.16. The number of benzene rings is 2. The van der Waals surface area contributed by atoms with E-state index in [4.69, 9.17) is 9.47 Å². The minimum absolute atomic E-state index is 0.311. The van der Waals surface area contributed by atoms with E-state index in [9.17, 15) is 0 Å². The molecule has 0 saturated heterocycles. The lowest BCUT2D eigenvalue weighted by molar-refractivity contribution is 0.174. The SMILES string of the molecule is Brc1ccc(SCc2cc3c(cc2Br)OCO3)cc1. The summed E-state index contributed by atoms with van der Waals surface area (Å²) in [6, 6.07) is 12.3. The molecule has 0 bridgehead atoms. The van der Waals surface area contributed by atoms with Gasteiger partial charge in [0.2, 0.25) is 6.79 Å². The Kier molecular flexibility index (Phi) is 4.05. The Labute approximate surface area is 132 Å². The zero-order valence-electron chi connectivity index (χ0n) is 9.86. The third kappa shape index (κ3) is 3.09. The molecule has 3 rings (SSSR count). The Bertz CT molecular complexity index is 599. The Balaban J connectivity index is 1.75. The molecule has 0 radical (unpaired) electrons. The maximum absolute atomic E-state index is 5.40.